The monoisotopic (exact) mass is 216 g/mol. The maximum absolute atomic E-state index is 11.0. The van der Waals surface area contributed by atoms with E-state index in [4.69, 9.17) is 4.74 Å². The van der Waals surface area contributed by atoms with Crippen molar-refractivity contribution in [1.82, 2.24) is 9.88 Å². The Morgan fingerprint density at radius 3 is 3.06 bits per heavy atom. The van der Waals surface area contributed by atoms with Crippen LogP contribution in [0.25, 0.3) is 10.9 Å². The summed E-state index contributed by atoms with van der Waals surface area (Å²) < 4.78 is 7.21. The van der Waals surface area contributed by atoms with Crippen molar-refractivity contribution < 1.29 is 9.53 Å². The maximum atomic E-state index is 11.0. The SMILES string of the molecule is Cn1ccc2cc(C3CNC(=O)O3)ccc21. The minimum Gasteiger partial charge on any atom is -0.439 e. The molecule has 1 saturated heterocycles. The third kappa shape index (κ3) is 1.34. The molecule has 1 aromatic carbocycles. The molecule has 4 heteroatoms. The van der Waals surface area contributed by atoms with Gasteiger partial charge in [0.25, 0.3) is 0 Å². The van der Waals surface area contributed by atoms with E-state index in [1.54, 1.807) is 0 Å². The number of hydrogen-bond acceptors (Lipinski definition) is 2. The minimum absolute atomic E-state index is 0.155. The molecule has 1 aliphatic heterocycles. The molecule has 0 saturated carbocycles. The van der Waals surface area contributed by atoms with Gasteiger partial charge in [-0.25, -0.2) is 4.79 Å². The Balaban J connectivity index is 2.02. The molecule has 82 valence electrons. The van der Waals surface area contributed by atoms with Crippen LogP contribution in [0, 0.1) is 0 Å². The first-order valence-corrected chi connectivity index (χ1v) is 5.23. The number of carbonyl (C=O) groups is 1. The predicted octanol–water partition coefficient (Wildman–Crippen LogP) is 1.96. The van der Waals surface area contributed by atoms with E-state index in [0.717, 1.165) is 5.56 Å². The first kappa shape index (κ1) is 9.27. The van der Waals surface area contributed by atoms with Gasteiger partial charge < -0.3 is 14.6 Å². The standard InChI is InChI=1S/C12H12N2O2/c1-14-5-4-8-6-9(2-3-10(8)14)11-7-13-12(15)16-11/h2-6,11H,7H2,1H3,(H,13,15). The highest BCUT2D eigenvalue weighted by atomic mass is 16.6. The summed E-state index contributed by atoms with van der Waals surface area (Å²) in [6.45, 7) is 0.553. The van der Waals surface area contributed by atoms with Crippen molar-refractivity contribution in [2.75, 3.05) is 6.54 Å². The number of cyclic esters (lactones) is 1. The van der Waals surface area contributed by atoms with Crippen LogP contribution < -0.4 is 5.32 Å². The second-order valence-electron chi connectivity index (χ2n) is 4.02. The fraction of sp³-hybridized carbons (Fsp3) is 0.250. The summed E-state index contributed by atoms with van der Waals surface area (Å²) in [5.41, 5.74) is 2.22. The fourth-order valence-electron chi connectivity index (χ4n) is 2.07. The summed E-state index contributed by atoms with van der Waals surface area (Å²) in [4.78, 5) is 11.0. The van der Waals surface area contributed by atoms with Crippen molar-refractivity contribution in [3.63, 3.8) is 0 Å². The van der Waals surface area contributed by atoms with Crippen LogP contribution in [0.1, 0.15) is 11.7 Å². The highest BCUT2D eigenvalue weighted by Gasteiger charge is 2.24. The van der Waals surface area contributed by atoms with E-state index in [2.05, 4.69) is 28.1 Å². The van der Waals surface area contributed by atoms with E-state index >= 15 is 0 Å². The zero-order valence-electron chi connectivity index (χ0n) is 8.93. The molecular formula is C12H12N2O2. The number of rotatable bonds is 1. The highest BCUT2D eigenvalue weighted by molar-refractivity contribution is 5.81. The molecule has 3 rings (SSSR count). The van der Waals surface area contributed by atoms with Crippen molar-refractivity contribution >= 4 is 17.0 Å². The van der Waals surface area contributed by atoms with Crippen molar-refractivity contribution in [2.24, 2.45) is 7.05 Å². The molecule has 0 aliphatic carbocycles. The Kier molecular flexibility index (Phi) is 1.89. The quantitative estimate of drug-likeness (QED) is 0.791. The molecule has 1 fully saturated rings. The molecule has 1 atom stereocenters. The van der Waals surface area contributed by atoms with E-state index in [1.165, 1.54) is 10.9 Å². The number of benzene rings is 1. The topological polar surface area (TPSA) is 43.3 Å². The molecule has 1 N–H and O–H groups in total. The van der Waals surface area contributed by atoms with Gasteiger partial charge in [-0.05, 0) is 29.1 Å². The van der Waals surface area contributed by atoms with Gasteiger partial charge in [-0.3, -0.25) is 0 Å². The van der Waals surface area contributed by atoms with Crippen molar-refractivity contribution in [1.29, 1.82) is 0 Å². The number of alkyl carbamates (subject to hydrolysis) is 1. The summed E-state index contributed by atoms with van der Waals surface area (Å²) in [5, 5.41) is 3.82. The number of aryl methyl sites for hydroxylation is 1. The molecule has 1 aromatic heterocycles. The van der Waals surface area contributed by atoms with Crippen LogP contribution in [-0.2, 0) is 11.8 Å². The Hall–Kier alpha value is -1.97. The molecule has 0 radical (unpaired) electrons. The average molecular weight is 216 g/mol. The van der Waals surface area contributed by atoms with Gasteiger partial charge >= 0.3 is 6.09 Å². The summed E-state index contributed by atoms with van der Waals surface area (Å²) in [6.07, 6.45) is 1.53. The van der Waals surface area contributed by atoms with Crippen LogP contribution in [0.4, 0.5) is 4.79 Å². The number of hydrogen-bond donors (Lipinski definition) is 1. The molecule has 1 aliphatic rings. The van der Waals surface area contributed by atoms with Crippen LogP contribution in [0.3, 0.4) is 0 Å². The summed E-state index contributed by atoms with van der Waals surface area (Å²) in [6, 6.07) is 8.19. The van der Waals surface area contributed by atoms with Gasteiger partial charge in [0.1, 0.15) is 6.10 Å². The molecule has 1 amide bonds. The molecule has 1 unspecified atom stereocenters. The third-order valence-corrected chi connectivity index (χ3v) is 2.96. The van der Waals surface area contributed by atoms with Gasteiger partial charge in [-0.2, -0.15) is 0 Å². The maximum Gasteiger partial charge on any atom is 0.407 e. The second kappa shape index (κ2) is 3.27. The molecule has 0 bridgehead atoms. The van der Waals surface area contributed by atoms with E-state index in [1.807, 2.05) is 19.3 Å². The smallest absolute Gasteiger partial charge is 0.407 e. The first-order valence-electron chi connectivity index (χ1n) is 5.23. The number of nitrogens with zero attached hydrogens (tertiary/aromatic N) is 1. The van der Waals surface area contributed by atoms with Crippen LogP contribution in [-0.4, -0.2) is 17.2 Å². The zero-order valence-corrected chi connectivity index (χ0v) is 8.93. The second-order valence-corrected chi connectivity index (χ2v) is 4.02. The lowest BCUT2D eigenvalue weighted by Gasteiger charge is -2.08. The lowest BCUT2D eigenvalue weighted by atomic mass is 10.1. The zero-order chi connectivity index (χ0) is 11.1. The van der Waals surface area contributed by atoms with Crippen LogP contribution >= 0.6 is 0 Å². The lowest BCUT2D eigenvalue weighted by molar-refractivity contribution is 0.141. The summed E-state index contributed by atoms with van der Waals surface area (Å²) in [5.74, 6) is 0. The number of fused-ring (bicyclic) bond motifs is 1. The molecule has 0 spiro atoms. The predicted molar refractivity (Wildman–Crippen MR) is 60.1 cm³/mol. The third-order valence-electron chi connectivity index (χ3n) is 2.96. The number of aromatic nitrogens is 1. The largest absolute Gasteiger partial charge is 0.439 e. The van der Waals surface area contributed by atoms with Crippen molar-refractivity contribution in [3.05, 3.63) is 36.0 Å². The molecule has 4 nitrogen and oxygen atoms in total. The molecule has 16 heavy (non-hydrogen) atoms. The molecule has 2 heterocycles. The van der Waals surface area contributed by atoms with Gasteiger partial charge in [0.05, 0.1) is 6.54 Å². The van der Waals surface area contributed by atoms with Gasteiger partial charge in [0.15, 0.2) is 0 Å². The van der Waals surface area contributed by atoms with Crippen molar-refractivity contribution in [2.45, 2.75) is 6.10 Å². The highest BCUT2D eigenvalue weighted by Crippen LogP contribution is 2.25. The Labute approximate surface area is 92.8 Å². The van der Waals surface area contributed by atoms with E-state index in [9.17, 15) is 4.79 Å². The van der Waals surface area contributed by atoms with Crippen molar-refractivity contribution in [3.8, 4) is 0 Å². The Bertz CT molecular complexity index is 559. The number of nitrogens with one attached hydrogen (secondary N) is 1. The summed E-state index contributed by atoms with van der Waals surface area (Å²) in [7, 11) is 2.01. The van der Waals surface area contributed by atoms with Gasteiger partial charge in [0, 0.05) is 18.8 Å². The van der Waals surface area contributed by atoms with Crippen LogP contribution in [0.15, 0.2) is 30.5 Å². The molecule has 2 aromatic rings. The van der Waals surface area contributed by atoms with Crippen LogP contribution in [0.5, 0.6) is 0 Å². The van der Waals surface area contributed by atoms with E-state index < -0.39 is 0 Å². The first-order chi connectivity index (χ1) is 7.74. The number of carbonyl (C=O) groups excluding carboxylic acids is 1. The lowest BCUT2D eigenvalue weighted by Crippen LogP contribution is -2.12. The number of ether oxygens (including phenoxy) is 1. The van der Waals surface area contributed by atoms with E-state index in [-0.39, 0.29) is 12.2 Å². The average Bonchev–Trinajstić information content (AvgIpc) is 2.86. The van der Waals surface area contributed by atoms with Gasteiger partial charge in [-0.15, -0.1) is 0 Å². The van der Waals surface area contributed by atoms with E-state index in [0.29, 0.717) is 6.54 Å². The normalized spacial score (nSPS) is 19.8. The van der Waals surface area contributed by atoms with Gasteiger partial charge in [-0.1, -0.05) is 6.07 Å². The van der Waals surface area contributed by atoms with Gasteiger partial charge in [0.2, 0.25) is 0 Å². The minimum atomic E-state index is -0.335. The summed E-state index contributed by atoms with van der Waals surface area (Å²) >= 11 is 0. The Morgan fingerprint density at radius 1 is 1.44 bits per heavy atom. The Morgan fingerprint density at radius 2 is 2.31 bits per heavy atom. The van der Waals surface area contributed by atoms with Crippen LogP contribution in [0.2, 0.25) is 0 Å². The molecular weight excluding hydrogens is 204 g/mol. The number of amides is 1. The fourth-order valence-corrected chi connectivity index (χ4v) is 2.07.